The average Bonchev–Trinajstić information content (AvgIpc) is 2.43. The molecule has 2 aromatic rings. The predicted octanol–water partition coefficient (Wildman–Crippen LogP) is 1.84. The van der Waals surface area contributed by atoms with Crippen molar-refractivity contribution in [2.45, 2.75) is 0 Å². The van der Waals surface area contributed by atoms with Gasteiger partial charge in [-0.05, 0) is 35.0 Å². The zero-order valence-electron chi connectivity index (χ0n) is 9.72. The van der Waals surface area contributed by atoms with E-state index in [9.17, 15) is 4.79 Å². The van der Waals surface area contributed by atoms with E-state index in [0.717, 1.165) is 16.5 Å². The van der Waals surface area contributed by atoms with E-state index in [-0.39, 0.29) is 0 Å². The van der Waals surface area contributed by atoms with Crippen molar-refractivity contribution in [2.75, 3.05) is 13.2 Å². The average molecular weight is 240 g/mol. The number of nitrogens with one attached hydrogen (secondary N) is 1. The van der Waals surface area contributed by atoms with Gasteiger partial charge in [0, 0.05) is 0 Å². The van der Waals surface area contributed by atoms with Crippen molar-refractivity contribution in [1.82, 2.24) is 5.32 Å². The van der Waals surface area contributed by atoms with Crippen molar-refractivity contribution in [2.24, 2.45) is 0 Å². The molecule has 0 saturated carbocycles. The van der Waals surface area contributed by atoms with Crippen molar-refractivity contribution in [3.8, 4) is 11.8 Å². The molecule has 2 rings (SSSR count). The summed E-state index contributed by atoms with van der Waals surface area (Å²) in [6, 6.07) is 13.3. The van der Waals surface area contributed by atoms with Gasteiger partial charge in [-0.25, -0.2) is 0 Å². The Hall–Kier alpha value is -2.54. The van der Waals surface area contributed by atoms with Crippen molar-refractivity contribution in [1.29, 1.82) is 5.26 Å². The number of amides is 1. The maximum atomic E-state index is 10.1. The molecule has 0 heterocycles. The van der Waals surface area contributed by atoms with E-state index in [1.165, 1.54) is 0 Å². The number of hydrogen-bond acceptors (Lipinski definition) is 3. The van der Waals surface area contributed by atoms with Gasteiger partial charge >= 0.3 is 0 Å². The summed E-state index contributed by atoms with van der Waals surface area (Å²) in [4.78, 5) is 10.1. The van der Waals surface area contributed by atoms with Crippen LogP contribution in [0.15, 0.2) is 36.4 Å². The molecule has 18 heavy (non-hydrogen) atoms. The molecule has 0 fully saturated rings. The van der Waals surface area contributed by atoms with Gasteiger partial charge in [0.15, 0.2) is 0 Å². The van der Waals surface area contributed by atoms with E-state index in [2.05, 4.69) is 11.4 Å². The Morgan fingerprint density at radius 2 is 2.00 bits per heavy atom. The lowest BCUT2D eigenvalue weighted by Crippen LogP contribution is -2.18. The number of rotatable bonds is 5. The molecule has 0 spiro atoms. The van der Waals surface area contributed by atoms with Gasteiger partial charge in [-0.1, -0.05) is 12.1 Å². The van der Waals surface area contributed by atoms with Crippen LogP contribution in [0.25, 0.3) is 10.8 Å². The molecule has 0 atom stereocenters. The van der Waals surface area contributed by atoms with Crippen molar-refractivity contribution >= 4 is 17.2 Å². The highest BCUT2D eigenvalue weighted by molar-refractivity contribution is 5.85. The van der Waals surface area contributed by atoms with Crippen LogP contribution in [0.3, 0.4) is 0 Å². The largest absolute Gasteiger partial charge is 0.492 e. The first-order valence-electron chi connectivity index (χ1n) is 5.57. The quantitative estimate of drug-likeness (QED) is 0.640. The lowest BCUT2D eigenvalue weighted by atomic mass is 10.1. The van der Waals surface area contributed by atoms with Crippen LogP contribution in [0.4, 0.5) is 0 Å². The minimum atomic E-state index is 0.431. The molecule has 1 amide bonds. The lowest BCUT2D eigenvalue weighted by Gasteiger charge is -2.07. The molecule has 0 radical (unpaired) electrons. The Kier molecular flexibility index (Phi) is 3.77. The maximum Gasteiger partial charge on any atom is 0.207 e. The van der Waals surface area contributed by atoms with Crippen LogP contribution in [0.1, 0.15) is 5.56 Å². The molecule has 1 N–H and O–H groups in total. The molecule has 0 unspecified atom stereocenters. The van der Waals surface area contributed by atoms with Crippen LogP contribution in [-0.2, 0) is 4.79 Å². The number of nitrogens with zero attached hydrogens (tertiary/aromatic N) is 1. The summed E-state index contributed by atoms with van der Waals surface area (Å²) in [5.41, 5.74) is 0.645. The van der Waals surface area contributed by atoms with E-state index < -0.39 is 0 Å². The van der Waals surface area contributed by atoms with E-state index in [4.69, 9.17) is 10.00 Å². The fourth-order valence-electron chi connectivity index (χ4n) is 1.67. The fraction of sp³-hybridized carbons (Fsp3) is 0.143. The smallest absolute Gasteiger partial charge is 0.207 e. The molecule has 0 bridgehead atoms. The highest BCUT2D eigenvalue weighted by Crippen LogP contribution is 2.21. The summed E-state index contributed by atoms with van der Waals surface area (Å²) in [6.07, 6.45) is 0.646. The number of benzene rings is 2. The van der Waals surface area contributed by atoms with E-state index >= 15 is 0 Å². The number of fused-ring (bicyclic) bond motifs is 1. The first-order valence-corrected chi connectivity index (χ1v) is 5.57. The van der Waals surface area contributed by atoms with Gasteiger partial charge in [0.05, 0.1) is 18.2 Å². The Morgan fingerprint density at radius 1 is 1.22 bits per heavy atom. The second kappa shape index (κ2) is 5.69. The number of nitriles is 1. The third kappa shape index (κ3) is 2.77. The second-order valence-electron chi connectivity index (χ2n) is 3.76. The molecule has 4 nitrogen and oxygen atoms in total. The van der Waals surface area contributed by atoms with Gasteiger partial charge in [0.1, 0.15) is 12.4 Å². The van der Waals surface area contributed by atoms with Gasteiger partial charge in [-0.3, -0.25) is 4.79 Å². The molecular weight excluding hydrogens is 228 g/mol. The van der Waals surface area contributed by atoms with Crippen LogP contribution in [0.2, 0.25) is 0 Å². The van der Waals surface area contributed by atoms with Crippen LogP contribution in [0.5, 0.6) is 5.75 Å². The monoisotopic (exact) mass is 240 g/mol. The highest BCUT2D eigenvalue weighted by atomic mass is 16.5. The van der Waals surface area contributed by atoms with Crippen LogP contribution < -0.4 is 10.1 Å². The van der Waals surface area contributed by atoms with Crippen LogP contribution in [-0.4, -0.2) is 19.6 Å². The number of hydrogen-bond donors (Lipinski definition) is 1. The van der Waals surface area contributed by atoms with Gasteiger partial charge in [-0.2, -0.15) is 5.26 Å². The van der Waals surface area contributed by atoms with Gasteiger partial charge in [0.25, 0.3) is 0 Å². The second-order valence-corrected chi connectivity index (χ2v) is 3.76. The molecule has 0 aliphatic heterocycles. The first kappa shape index (κ1) is 11.9. The number of carbonyl (C=O) groups is 1. The standard InChI is InChI=1S/C14H12N2O2/c15-9-11-1-2-13-8-14(4-3-12(13)7-11)18-6-5-16-10-17/h1-4,7-8,10H,5-6H2,(H,16,17). The summed E-state index contributed by atoms with van der Waals surface area (Å²) in [7, 11) is 0. The van der Waals surface area contributed by atoms with Gasteiger partial charge in [-0.15, -0.1) is 0 Å². The van der Waals surface area contributed by atoms with Crippen LogP contribution >= 0.6 is 0 Å². The molecule has 4 heteroatoms. The Balaban J connectivity index is 2.13. The van der Waals surface area contributed by atoms with E-state index in [1.54, 1.807) is 6.07 Å². The Labute approximate surface area is 105 Å². The highest BCUT2D eigenvalue weighted by Gasteiger charge is 1.99. The van der Waals surface area contributed by atoms with Crippen molar-refractivity contribution < 1.29 is 9.53 Å². The van der Waals surface area contributed by atoms with E-state index in [0.29, 0.717) is 25.1 Å². The minimum absolute atomic E-state index is 0.431. The summed E-state index contributed by atoms with van der Waals surface area (Å²) in [5.74, 6) is 0.750. The topological polar surface area (TPSA) is 62.1 Å². The fourth-order valence-corrected chi connectivity index (χ4v) is 1.67. The van der Waals surface area contributed by atoms with Crippen LogP contribution in [0, 0.1) is 11.3 Å². The molecule has 0 aliphatic carbocycles. The normalized spacial score (nSPS) is 9.72. The minimum Gasteiger partial charge on any atom is -0.492 e. The first-order chi connectivity index (χ1) is 8.83. The van der Waals surface area contributed by atoms with Crippen molar-refractivity contribution in [3.63, 3.8) is 0 Å². The van der Waals surface area contributed by atoms with Gasteiger partial charge < -0.3 is 10.1 Å². The zero-order chi connectivity index (χ0) is 12.8. The molecule has 0 aliphatic rings. The Bertz CT molecular complexity index is 602. The lowest BCUT2D eigenvalue weighted by molar-refractivity contribution is -0.109. The summed E-state index contributed by atoms with van der Waals surface area (Å²) < 4.78 is 5.49. The molecular formula is C14H12N2O2. The van der Waals surface area contributed by atoms with Crippen molar-refractivity contribution in [3.05, 3.63) is 42.0 Å². The summed E-state index contributed by atoms with van der Waals surface area (Å²) in [6.45, 7) is 0.912. The molecule has 0 aromatic heterocycles. The zero-order valence-corrected chi connectivity index (χ0v) is 9.72. The SMILES string of the molecule is N#Cc1ccc2cc(OCCNC=O)ccc2c1. The molecule has 0 saturated heterocycles. The maximum absolute atomic E-state index is 10.1. The Morgan fingerprint density at radius 3 is 2.78 bits per heavy atom. The predicted molar refractivity (Wildman–Crippen MR) is 68.2 cm³/mol. The third-order valence-electron chi connectivity index (χ3n) is 2.54. The molecule has 2 aromatic carbocycles. The van der Waals surface area contributed by atoms with Gasteiger partial charge in [0.2, 0.25) is 6.41 Å². The summed E-state index contributed by atoms with van der Waals surface area (Å²) >= 11 is 0. The molecule has 90 valence electrons. The summed E-state index contributed by atoms with van der Waals surface area (Å²) in [5, 5.41) is 13.4. The third-order valence-corrected chi connectivity index (χ3v) is 2.54. The number of carbonyl (C=O) groups excluding carboxylic acids is 1. The van der Waals surface area contributed by atoms with E-state index in [1.807, 2.05) is 30.3 Å². The number of ether oxygens (including phenoxy) is 1.